The Balaban J connectivity index is 1.44. The summed E-state index contributed by atoms with van der Waals surface area (Å²) < 4.78 is 7.94. The summed E-state index contributed by atoms with van der Waals surface area (Å²) in [6, 6.07) is 8.16. The van der Waals surface area contributed by atoms with Crippen molar-refractivity contribution in [2.45, 2.75) is 58.4 Å². The van der Waals surface area contributed by atoms with Crippen LogP contribution >= 0.6 is 0 Å². The van der Waals surface area contributed by atoms with Gasteiger partial charge < -0.3 is 14.6 Å². The topological polar surface area (TPSA) is 56.1 Å². The summed E-state index contributed by atoms with van der Waals surface area (Å²) in [4.78, 5) is 14.9. The third-order valence-corrected chi connectivity index (χ3v) is 4.35. The molecule has 0 saturated carbocycles. The lowest BCUT2D eigenvalue weighted by atomic mass is 10.1. The second-order valence-corrected chi connectivity index (χ2v) is 6.65. The molecule has 5 nitrogen and oxygen atoms in total. The van der Waals surface area contributed by atoms with Crippen molar-refractivity contribution in [1.29, 1.82) is 0 Å². The lowest BCUT2D eigenvalue weighted by Crippen LogP contribution is -2.22. The van der Waals surface area contributed by atoms with Crippen LogP contribution in [0.5, 0.6) is 5.75 Å². The molecule has 0 unspecified atom stereocenters. The number of aryl methyl sites for hydroxylation is 1. The largest absolute Gasteiger partial charge is 0.494 e. The number of imidazole rings is 1. The average Bonchev–Trinajstić information content (AvgIpc) is 3.15. The van der Waals surface area contributed by atoms with Crippen molar-refractivity contribution in [1.82, 2.24) is 14.9 Å². The molecular formula is C21H31N3O2. The molecule has 0 atom stereocenters. The maximum Gasteiger partial charge on any atom is 0.216 e. The molecule has 1 amide bonds. The van der Waals surface area contributed by atoms with E-state index in [0.717, 1.165) is 31.7 Å². The van der Waals surface area contributed by atoms with Crippen molar-refractivity contribution in [3.8, 4) is 5.75 Å². The van der Waals surface area contributed by atoms with E-state index in [-0.39, 0.29) is 5.91 Å². The Labute approximate surface area is 156 Å². The number of aromatic nitrogens is 2. The number of amides is 1. The van der Waals surface area contributed by atoms with Gasteiger partial charge in [0.05, 0.1) is 12.9 Å². The highest BCUT2D eigenvalue weighted by Crippen LogP contribution is 2.14. The summed E-state index contributed by atoms with van der Waals surface area (Å²) in [6.07, 6.45) is 14.0. The Bertz CT molecular complexity index is 609. The number of benzene rings is 1. The maximum atomic E-state index is 10.8. The third-order valence-electron chi connectivity index (χ3n) is 4.35. The number of unbranched alkanes of at least 4 members (excludes halogenated alkanes) is 5. The van der Waals surface area contributed by atoms with Crippen LogP contribution in [0, 0.1) is 0 Å². The molecule has 1 aromatic carbocycles. The number of carbonyl (C=O) groups is 1. The van der Waals surface area contributed by atoms with E-state index in [0.29, 0.717) is 6.54 Å². The first kappa shape index (κ1) is 20.0. The molecule has 1 N–H and O–H groups in total. The first-order valence-electron chi connectivity index (χ1n) is 9.66. The summed E-state index contributed by atoms with van der Waals surface area (Å²) in [5.74, 6) is 0.941. The van der Waals surface area contributed by atoms with Crippen LogP contribution in [0.2, 0.25) is 0 Å². The monoisotopic (exact) mass is 357 g/mol. The van der Waals surface area contributed by atoms with Crippen LogP contribution in [-0.2, 0) is 17.8 Å². The van der Waals surface area contributed by atoms with E-state index in [1.54, 1.807) is 6.92 Å². The number of carbonyl (C=O) groups excluding carboxylic acids is 1. The fourth-order valence-electron chi connectivity index (χ4n) is 2.85. The van der Waals surface area contributed by atoms with Crippen LogP contribution in [0.15, 0.2) is 43.0 Å². The quantitative estimate of drug-likeness (QED) is 0.552. The van der Waals surface area contributed by atoms with Crippen molar-refractivity contribution in [3.63, 3.8) is 0 Å². The first-order valence-corrected chi connectivity index (χ1v) is 9.66. The summed E-state index contributed by atoms with van der Waals surface area (Å²) in [5.41, 5.74) is 1.21. The molecule has 5 heteroatoms. The van der Waals surface area contributed by atoms with Gasteiger partial charge in [-0.15, -0.1) is 0 Å². The van der Waals surface area contributed by atoms with Crippen molar-refractivity contribution >= 4 is 5.91 Å². The van der Waals surface area contributed by atoms with E-state index in [1.807, 2.05) is 30.9 Å². The van der Waals surface area contributed by atoms with Crippen LogP contribution in [-0.4, -0.2) is 28.6 Å². The number of nitrogens with one attached hydrogen (secondary N) is 1. The molecule has 0 radical (unpaired) electrons. The highest BCUT2D eigenvalue weighted by atomic mass is 16.5. The second kappa shape index (κ2) is 12.1. The molecule has 142 valence electrons. The maximum absolute atomic E-state index is 10.8. The average molecular weight is 357 g/mol. The molecule has 0 spiro atoms. The zero-order valence-corrected chi connectivity index (χ0v) is 15.8. The Morgan fingerprint density at radius 3 is 2.50 bits per heavy atom. The van der Waals surface area contributed by atoms with Gasteiger partial charge in [-0.25, -0.2) is 4.98 Å². The van der Waals surface area contributed by atoms with Gasteiger partial charge >= 0.3 is 0 Å². The number of ether oxygens (including phenoxy) is 1. The van der Waals surface area contributed by atoms with Gasteiger partial charge in [0.1, 0.15) is 5.75 Å². The predicted octanol–water partition coefficient (Wildman–Crippen LogP) is 3.98. The van der Waals surface area contributed by atoms with Gasteiger partial charge in [0.15, 0.2) is 0 Å². The molecular weight excluding hydrogens is 326 g/mol. The van der Waals surface area contributed by atoms with Crippen LogP contribution < -0.4 is 10.1 Å². The van der Waals surface area contributed by atoms with Gasteiger partial charge in [-0.05, 0) is 37.0 Å². The van der Waals surface area contributed by atoms with Crippen LogP contribution in [0.25, 0.3) is 0 Å². The standard InChI is InChI=1S/C21H31N3O2/c1-19(25)23-13-12-20-8-10-21(11-9-20)26-17-7-5-3-2-4-6-15-24-16-14-22-18-24/h8-11,14,16,18H,2-7,12-13,15,17H2,1H3,(H,23,25). The molecule has 2 rings (SSSR count). The highest BCUT2D eigenvalue weighted by Gasteiger charge is 1.98. The van der Waals surface area contributed by atoms with Crippen molar-refractivity contribution in [2.24, 2.45) is 0 Å². The molecule has 0 fully saturated rings. The lowest BCUT2D eigenvalue weighted by Gasteiger charge is -2.08. The first-order chi connectivity index (χ1) is 12.7. The number of hydrogen-bond acceptors (Lipinski definition) is 3. The van der Waals surface area contributed by atoms with Gasteiger partial charge in [0, 0.05) is 32.4 Å². The van der Waals surface area contributed by atoms with Gasteiger partial charge in [0.2, 0.25) is 5.91 Å². The molecule has 0 saturated heterocycles. The molecule has 0 aliphatic rings. The number of nitrogens with zero attached hydrogens (tertiary/aromatic N) is 2. The van der Waals surface area contributed by atoms with Crippen LogP contribution in [0.3, 0.4) is 0 Å². The summed E-state index contributed by atoms with van der Waals surface area (Å²) >= 11 is 0. The molecule has 2 aromatic rings. The summed E-state index contributed by atoms with van der Waals surface area (Å²) in [5, 5.41) is 2.81. The molecule has 1 aromatic heterocycles. The number of rotatable bonds is 13. The fourth-order valence-corrected chi connectivity index (χ4v) is 2.85. The zero-order valence-electron chi connectivity index (χ0n) is 15.8. The fraction of sp³-hybridized carbons (Fsp3) is 0.524. The van der Waals surface area contributed by atoms with Crippen molar-refractivity contribution in [3.05, 3.63) is 48.5 Å². The van der Waals surface area contributed by atoms with Crippen LogP contribution in [0.1, 0.15) is 51.0 Å². The highest BCUT2D eigenvalue weighted by molar-refractivity contribution is 5.72. The van der Waals surface area contributed by atoms with E-state index in [9.17, 15) is 4.79 Å². The van der Waals surface area contributed by atoms with Gasteiger partial charge in [-0.1, -0.05) is 37.8 Å². The van der Waals surface area contributed by atoms with Crippen LogP contribution in [0.4, 0.5) is 0 Å². The van der Waals surface area contributed by atoms with E-state index in [4.69, 9.17) is 4.74 Å². The number of hydrogen-bond donors (Lipinski definition) is 1. The molecule has 0 aliphatic carbocycles. The van der Waals surface area contributed by atoms with E-state index in [2.05, 4.69) is 27.0 Å². The lowest BCUT2D eigenvalue weighted by molar-refractivity contribution is -0.118. The van der Waals surface area contributed by atoms with Gasteiger partial charge in [-0.3, -0.25) is 4.79 Å². The minimum atomic E-state index is 0.0168. The third kappa shape index (κ3) is 8.70. The molecule has 1 heterocycles. The van der Waals surface area contributed by atoms with Crippen molar-refractivity contribution in [2.75, 3.05) is 13.2 Å². The Morgan fingerprint density at radius 1 is 1.08 bits per heavy atom. The zero-order chi connectivity index (χ0) is 18.5. The van der Waals surface area contributed by atoms with E-state index in [1.165, 1.54) is 37.7 Å². The molecule has 26 heavy (non-hydrogen) atoms. The van der Waals surface area contributed by atoms with Crippen molar-refractivity contribution < 1.29 is 9.53 Å². The minimum Gasteiger partial charge on any atom is -0.494 e. The van der Waals surface area contributed by atoms with E-state index >= 15 is 0 Å². The predicted molar refractivity (Wildman–Crippen MR) is 104 cm³/mol. The minimum absolute atomic E-state index is 0.0168. The van der Waals surface area contributed by atoms with Gasteiger partial charge in [0.25, 0.3) is 0 Å². The summed E-state index contributed by atoms with van der Waals surface area (Å²) in [6.45, 7) is 4.07. The second-order valence-electron chi connectivity index (χ2n) is 6.65. The smallest absolute Gasteiger partial charge is 0.216 e. The molecule has 0 bridgehead atoms. The van der Waals surface area contributed by atoms with Gasteiger partial charge in [-0.2, -0.15) is 0 Å². The molecule has 0 aliphatic heterocycles. The summed E-state index contributed by atoms with van der Waals surface area (Å²) in [7, 11) is 0. The Morgan fingerprint density at radius 2 is 1.81 bits per heavy atom. The normalized spacial score (nSPS) is 10.7. The Kier molecular flexibility index (Phi) is 9.33. The van der Waals surface area contributed by atoms with E-state index < -0.39 is 0 Å². The SMILES string of the molecule is CC(=O)NCCc1ccc(OCCCCCCCCn2ccnc2)cc1. The Hall–Kier alpha value is -2.30.